The molecule has 0 aromatic heterocycles. The van der Waals surface area contributed by atoms with Crippen LogP contribution in [0, 0.1) is 23.2 Å². The van der Waals surface area contributed by atoms with Crippen molar-refractivity contribution < 1.29 is 14.3 Å². The van der Waals surface area contributed by atoms with Gasteiger partial charge in [0.15, 0.2) is 0 Å². The highest BCUT2D eigenvalue weighted by Gasteiger charge is 2.45. The van der Waals surface area contributed by atoms with Crippen LogP contribution in [0.15, 0.2) is 0 Å². The average Bonchev–Trinajstić information content (AvgIpc) is 3.32. The molecule has 4 fully saturated rings. The molecule has 7 heteroatoms. The maximum atomic E-state index is 13.5. The zero-order valence-electron chi connectivity index (χ0n) is 21.8. The van der Waals surface area contributed by atoms with Crippen molar-refractivity contribution in [2.45, 2.75) is 114 Å². The molecule has 0 aromatic carbocycles. The molecule has 2 aliphatic carbocycles. The summed E-state index contributed by atoms with van der Waals surface area (Å²) in [6, 6.07) is 2.46. The number of nitrogens with zero attached hydrogens (tertiary/aromatic N) is 3. The van der Waals surface area contributed by atoms with Crippen LogP contribution in [0.1, 0.15) is 90.4 Å². The van der Waals surface area contributed by atoms with Gasteiger partial charge in [-0.05, 0) is 37.5 Å². The molecule has 4 aliphatic rings. The molecule has 4 rings (SSSR count). The van der Waals surface area contributed by atoms with Gasteiger partial charge in [0, 0.05) is 38.6 Å². The van der Waals surface area contributed by atoms with Gasteiger partial charge in [-0.3, -0.25) is 14.6 Å². The largest absolute Gasteiger partial charge is 0.376 e. The van der Waals surface area contributed by atoms with Crippen molar-refractivity contribution in [2.24, 2.45) is 11.8 Å². The summed E-state index contributed by atoms with van der Waals surface area (Å²) in [5.74, 6) is 1.23. The Hall–Kier alpha value is -1.49. The Labute approximate surface area is 211 Å². The van der Waals surface area contributed by atoms with E-state index in [1.807, 2.05) is 0 Å². The molecule has 1 unspecified atom stereocenters. The van der Waals surface area contributed by atoms with Gasteiger partial charge in [-0.1, -0.05) is 58.3 Å². The second-order valence-electron chi connectivity index (χ2n) is 11.6. The molecule has 0 radical (unpaired) electrons. The molecule has 1 amide bonds. The van der Waals surface area contributed by atoms with E-state index >= 15 is 0 Å². The first-order valence-electron chi connectivity index (χ1n) is 14.3. The van der Waals surface area contributed by atoms with E-state index < -0.39 is 11.6 Å². The third-order valence-corrected chi connectivity index (χ3v) is 9.29. The van der Waals surface area contributed by atoms with Gasteiger partial charge in [-0.15, -0.1) is 0 Å². The minimum absolute atomic E-state index is 0.123. The number of rotatable bonds is 9. The minimum Gasteiger partial charge on any atom is -0.376 e. The normalized spacial score (nSPS) is 34.2. The predicted molar refractivity (Wildman–Crippen MR) is 136 cm³/mol. The van der Waals surface area contributed by atoms with Crippen molar-refractivity contribution in [3.8, 4) is 6.07 Å². The number of hydrogen-bond donors (Lipinski definition) is 1. The molecular formula is C28H46N4O3. The van der Waals surface area contributed by atoms with Crippen molar-refractivity contribution in [2.75, 3.05) is 32.8 Å². The van der Waals surface area contributed by atoms with E-state index in [9.17, 15) is 14.9 Å². The molecule has 196 valence electrons. The number of aldehydes is 1. The fourth-order valence-electron chi connectivity index (χ4n) is 7.28. The van der Waals surface area contributed by atoms with Gasteiger partial charge in [0.2, 0.25) is 5.91 Å². The quantitative estimate of drug-likeness (QED) is 0.501. The Morgan fingerprint density at radius 1 is 1.17 bits per heavy atom. The van der Waals surface area contributed by atoms with E-state index in [0.29, 0.717) is 50.5 Å². The summed E-state index contributed by atoms with van der Waals surface area (Å²) in [4.78, 5) is 29.7. The Balaban J connectivity index is 1.37. The first kappa shape index (κ1) is 26.6. The molecule has 2 saturated heterocycles. The van der Waals surface area contributed by atoms with E-state index in [-0.39, 0.29) is 18.4 Å². The SMILES string of the molecule is CC[C@@H]1CCCC[C@H]1N1CC[C@](C#N)(NC(=O)[C@@H](CC=O)N2CCOC(CC3CCCCC3)C2)C1. The third-order valence-electron chi connectivity index (χ3n) is 9.29. The van der Waals surface area contributed by atoms with Crippen molar-refractivity contribution in [3.05, 3.63) is 0 Å². The second kappa shape index (κ2) is 12.7. The highest BCUT2D eigenvalue weighted by molar-refractivity contribution is 5.85. The molecule has 0 spiro atoms. The molecule has 0 aromatic rings. The average molecular weight is 487 g/mol. The number of carbonyl (C=O) groups is 2. The van der Waals surface area contributed by atoms with E-state index in [1.54, 1.807) is 0 Å². The third kappa shape index (κ3) is 6.64. The zero-order valence-corrected chi connectivity index (χ0v) is 21.8. The summed E-state index contributed by atoms with van der Waals surface area (Å²) in [7, 11) is 0. The van der Waals surface area contributed by atoms with Crippen LogP contribution in [0.4, 0.5) is 0 Å². The summed E-state index contributed by atoms with van der Waals surface area (Å²) >= 11 is 0. The molecular weight excluding hydrogens is 440 g/mol. The van der Waals surface area contributed by atoms with Crippen LogP contribution >= 0.6 is 0 Å². The predicted octanol–water partition coefficient (Wildman–Crippen LogP) is 3.67. The lowest BCUT2D eigenvalue weighted by molar-refractivity contribution is -0.134. The number of morpholine rings is 1. The summed E-state index contributed by atoms with van der Waals surface area (Å²) < 4.78 is 6.07. The minimum atomic E-state index is -0.859. The molecule has 2 aliphatic heterocycles. The molecule has 1 N–H and O–H groups in total. The first-order chi connectivity index (χ1) is 17.1. The Morgan fingerprint density at radius 2 is 1.94 bits per heavy atom. The molecule has 2 heterocycles. The van der Waals surface area contributed by atoms with Gasteiger partial charge < -0.3 is 14.8 Å². The van der Waals surface area contributed by atoms with Gasteiger partial charge in [0.05, 0.1) is 24.8 Å². The molecule has 35 heavy (non-hydrogen) atoms. The summed E-state index contributed by atoms with van der Waals surface area (Å²) in [6.07, 6.45) is 15.5. The van der Waals surface area contributed by atoms with Gasteiger partial charge >= 0.3 is 0 Å². The topological polar surface area (TPSA) is 85.7 Å². The smallest absolute Gasteiger partial charge is 0.239 e. The Kier molecular flexibility index (Phi) is 9.60. The lowest BCUT2D eigenvalue weighted by Gasteiger charge is -2.40. The number of amides is 1. The second-order valence-corrected chi connectivity index (χ2v) is 11.6. The van der Waals surface area contributed by atoms with Crippen LogP contribution in [-0.2, 0) is 14.3 Å². The lowest BCUT2D eigenvalue weighted by Crippen LogP contribution is -2.59. The molecule has 5 atom stereocenters. The standard InChI is InChI=1S/C28H46N4O3/c1-2-23-10-6-7-11-25(23)32-14-13-28(20-29,21-32)30-27(34)26(12-16-33)31-15-17-35-24(19-31)18-22-8-4-3-5-9-22/h16,22-26H,2-15,17-19,21H2,1H3,(H,30,34)/t23-,24?,25-,26-,28-/m1/s1. The Morgan fingerprint density at radius 3 is 2.69 bits per heavy atom. The van der Waals surface area contributed by atoms with E-state index in [1.165, 1.54) is 64.2 Å². The van der Waals surface area contributed by atoms with Crippen molar-refractivity contribution >= 4 is 12.2 Å². The molecule has 2 saturated carbocycles. The van der Waals surface area contributed by atoms with Crippen molar-refractivity contribution in [3.63, 3.8) is 0 Å². The molecule has 7 nitrogen and oxygen atoms in total. The van der Waals surface area contributed by atoms with Crippen LogP contribution in [0.5, 0.6) is 0 Å². The van der Waals surface area contributed by atoms with Crippen LogP contribution in [0.3, 0.4) is 0 Å². The van der Waals surface area contributed by atoms with E-state index in [4.69, 9.17) is 4.74 Å². The van der Waals surface area contributed by atoms with Gasteiger partial charge in [-0.25, -0.2) is 0 Å². The van der Waals surface area contributed by atoms with Crippen molar-refractivity contribution in [1.29, 1.82) is 5.26 Å². The monoisotopic (exact) mass is 486 g/mol. The van der Waals surface area contributed by atoms with Gasteiger partial charge in [0.1, 0.15) is 11.8 Å². The fraction of sp³-hybridized carbons (Fsp3) is 0.893. The highest BCUT2D eigenvalue weighted by atomic mass is 16.5. The summed E-state index contributed by atoms with van der Waals surface area (Å²) in [6.45, 7) is 5.66. The maximum absolute atomic E-state index is 13.5. The van der Waals surface area contributed by atoms with Crippen LogP contribution < -0.4 is 5.32 Å². The summed E-state index contributed by atoms with van der Waals surface area (Å²) in [5.41, 5.74) is -0.859. The lowest BCUT2D eigenvalue weighted by atomic mass is 9.82. The number of hydrogen-bond acceptors (Lipinski definition) is 6. The van der Waals surface area contributed by atoms with E-state index in [2.05, 4.69) is 28.1 Å². The molecule has 0 bridgehead atoms. The number of carbonyl (C=O) groups excluding carboxylic acids is 2. The van der Waals surface area contributed by atoms with Crippen molar-refractivity contribution in [1.82, 2.24) is 15.1 Å². The van der Waals surface area contributed by atoms with Gasteiger partial charge in [0.25, 0.3) is 0 Å². The number of nitrogens with one attached hydrogen (secondary N) is 1. The highest BCUT2D eigenvalue weighted by Crippen LogP contribution is 2.35. The Bertz CT molecular complexity index is 749. The van der Waals surface area contributed by atoms with Crippen LogP contribution in [0.2, 0.25) is 0 Å². The zero-order chi connectivity index (χ0) is 24.7. The number of nitriles is 1. The maximum Gasteiger partial charge on any atom is 0.239 e. The summed E-state index contributed by atoms with van der Waals surface area (Å²) in [5, 5.41) is 13.3. The first-order valence-corrected chi connectivity index (χ1v) is 14.3. The van der Waals surface area contributed by atoms with E-state index in [0.717, 1.165) is 19.3 Å². The number of ether oxygens (including phenoxy) is 1. The fourth-order valence-corrected chi connectivity index (χ4v) is 7.28. The van der Waals surface area contributed by atoms with Gasteiger partial charge in [-0.2, -0.15) is 5.26 Å². The van der Waals surface area contributed by atoms with Crippen LogP contribution in [-0.4, -0.2) is 78.5 Å². The van der Waals surface area contributed by atoms with Crippen LogP contribution in [0.25, 0.3) is 0 Å². The number of likely N-dealkylation sites (tertiary alicyclic amines) is 1.